The van der Waals surface area contributed by atoms with Crippen molar-refractivity contribution in [2.75, 3.05) is 6.54 Å². The van der Waals surface area contributed by atoms with Crippen LogP contribution in [0.2, 0.25) is 0 Å². The number of aromatic nitrogens is 1. The number of pyridine rings is 1. The molecule has 1 heterocycles. The van der Waals surface area contributed by atoms with Crippen molar-refractivity contribution in [2.24, 2.45) is 0 Å². The molecule has 0 aliphatic rings. The number of nitrogens with zero attached hydrogens (tertiary/aromatic N) is 1. The molecule has 1 atom stereocenters. The van der Waals surface area contributed by atoms with E-state index in [0.29, 0.717) is 5.88 Å². The van der Waals surface area contributed by atoms with Gasteiger partial charge in [-0.2, -0.15) is 0 Å². The van der Waals surface area contributed by atoms with Crippen LogP contribution in [-0.4, -0.2) is 11.5 Å². The Labute approximate surface area is 114 Å². The zero-order valence-corrected chi connectivity index (χ0v) is 11.5. The van der Waals surface area contributed by atoms with Gasteiger partial charge in [0.1, 0.15) is 5.75 Å². The van der Waals surface area contributed by atoms with Crippen molar-refractivity contribution >= 4 is 0 Å². The smallest absolute Gasteiger partial charge is 0.223 e. The fraction of sp³-hybridized carbons (Fsp3) is 0.312. The summed E-state index contributed by atoms with van der Waals surface area (Å²) in [6.45, 7) is 5.27. The summed E-state index contributed by atoms with van der Waals surface area (Å²) in [5.74, 6) is 1.48. The molecular weight excluding hydrogens is 236 g/mol. The molecule has 0 bridgehead atoms. The second kappa shape index (κ2) is 6.90. The lowest BCUT2D eigenvalue weighted by atomic mass is 10.1. The van der Waals surface area contributed by atoms with Gasteiger partial charge in [0.15, 0.2) is 0 Å². The van der Waals surface area contributed by atoms with Crippen molar-refractivity contribution in [3.8, 4) is 11.6 Å². The summed E-state index contributed by atoms with van der Waals surface area (Å²) >= 11 is 0. The summed E-state index contributed by atoms with van der Waals surface area (Å²) in [6.07, 6.45) is 2.87. The third-order valence-electron chi connectivity index (χ3n) is 2.93. The number of hydrogen-bond acceptors (Lipinski definition) is 3. The zero-order chi connectivity index (χ0) is 13.5. The lowest BCUT2D eigenvalue weighted by molar-refractivity contribution is 0.442. The second-order valence-corrected chi connectivity index (χ2v) is 4.49. The standard InChI is InChI=1S/C16H20N2O/c1-3-11-17-13(2)15-10-7-12-18-16(15)19-14-8-5-4-6-9-14/h4-10,12-13,17H,3,11H2,1-2H3. The zero-order valence-electron chi connectivity index (χ0n) is 11.5. The molecule has 100 valence electrons. The first-order valence-corrected chi connectivity index (χ1v) is 6.72. The average molecular weight is 256 g/mol. The highest BCUT2D eigenvalue weighted by Gasteiger charge is 2.12. The van der Waals surface area contributed by atoms with Crippen molar-refractivity contribution in [1.29, 1.82) is 0 Å². The molecule has 2 rings (SSSR count). The van der Waals surface area contributed by atoms with Crippen LogP contribution >= 0.6 is 0 Å². The predicted octanol–water partition coefficient (Wildman–Crippen LogP) is 3.93. The third kappa shape index (κ3) is 3.80. The van der Waals surface area contributed by atoms with E-state index in [0.717, 1.165) is 24.3 Å². The molecule has 0 spiro atoms. The van der Waals surface area contributed by atoms with Gasteiger partial charge in [0.25, 0.3) is 0 Å². The van der Waals surface area contributed by atoms with E-state index in [1.54, 1.807) is 6.20 Å². The molecule has 1 unspecified atom stereocenters. The molecule has 0 fully saturated rings. The Morgan fingerprint density at radius 3 is 2.68 bits per heavy atom. The first kappa shape index (κ1) is 13.6. The Morgan fingerprint density at radius 2 is 1.95 bits per heavy atom. The Morgan fingerprint density at radius 1 is 1.16 bits per heavy atom. The topological polar surface area (TPSA) is 34.2 Å². The van der Waals surface area contributed by atoms with E-state index < -0.39 is 0 Å². The van der Waals surface area contributed by atoms with Gasteiger partial charge >= 0.3 is 0 Å². The SMILES string of the molecule is CCCNC(C)c1cccnc1Oc1ccccc1. The highest BCUT2D eigenvalue weighted by Crippen LogP contribution is 2.26. The van der Waals surface area contributed by atoms with Gasteiger partial charge in [-0.3, -0.25) is 0 Å². The van der Waals surface area contributed by atoms with Crippen LogP contribution < -0.4 is 10.1 Å². The lowest BCUT2D eigenvalue weighted by Gasteiger charge is -2.16. The van der Waals surface area contributed by atoms with Crippen LogP contribution in [0.15, 0.2) is 48.7 Å². The number of ether oxygens (including phenoxy) is 1. The molecule has 0 aliphatic heterocycles. The van der Waals surface area contributed by atoms with Crippen molar-refractivity contribution in [3.63, 3.8) is 0 Å². The van der Waals surface area contributed by atoms with Crippen LogP contribution in [0.4, 0.5) is 0 Å². The molecule has 0 saturated carbocycles. The van der Waals surface area contributed by atoms with Gasteiger partial charge in [0.2, 0.25) is 5.88 Å². The molecule has 3 heteroatoms. The van der Waals surface area contributed by atoms with Gasteiger partial charge in [0.05, 0.1) is 0 Å². The first-order valence-electron chi connectivity index (χ1n) is 6.72. The highest BCUT2D eigenvalue weighted by atomic mass is 16.5. The molecule has 0 amide bonds. The minimum atomic E-state index is 0.229. The third-order valence-corrected chi connectivity index (χ3v) is 2.93. The summed E-state index contributed by atoms with van der Waals surface area (Å²) in [5.41, 5.74) is 1.08. The lowest BCUT2D eigenvalue weighted by Crippen LogP contribution is -2.20. The molecule has 0 radical (unpaired) electrons. The van der Waals surface area contributed by atoms with Gasteiger partial charge in [-0.15, -0.1) is 0 Å². The minimum absolute atomic E-state index is 0.229. The van der Waals surface area contributed by atoms with E-state index >= 15 is 0 Å². The maximum absolute atomic E-state index is 5.86. The average Bonchev–Trinajstić information content (AvgIpc) is 2.46. The second-order valence-electron chi connectivity index (χ2n) is 4.49. The molecule has 1 aromatic carbocycles. The number of hydrogen-bond donors (Lipinski definition) is 1. The highest BCUT2D eigenvalue weighted by molar-refractivity contribution is 5.33. The van der Waals surface area contributed by atoms with E-state index in [1.165, 1.54) is 0 Å². The molecule has 2 aromatic rings. The molecule has 0 aliphatic carbocycles. The molecule has 19 heavy (non-hydrogen) atoms. The Bertz CT molecular complexity index is 499. The van der Waals surface area contributed by atoms with Crippen LogP contribution in [0.5, 0.6) is 11.6 Å². The summed E-state index contributed by atoms with van der Waals surface area (Å²) < 4.78 is 5.86. The number of para-hydroxylation sites is 1. The maximum Gasteiger partial charge on any atom is 0.223 e. The maximum atomic E-state index is 5.86. The van der Waals surface area contributed by atoms with E-state index in [1.807, 2.05) is 36.4 Å². The van der Waals surface area contributed by atoms with Crippen molar-refractivity contribution in [2.45, 2.75) is 26.3 Å². The first-order chi connectivity index (χ1) is 9.31. The molecule has 1 N–H and O–H groups in total. The fourth-order valence-electron chi connectivity index (χ4n) is 1.89. The number of rotatable bonds is 6. The summed E-state index contributed by atoms with van der Waals surface area (Å²) in [6, 6.07) is 14.0. The summed E-state index contributed by atoms with van der Waals surface area (Å²) in [5, 5.41) is 3.45. The molecular formula is C16H20N2O. The van der Waals surface area contributed by atoms with Crippen molar-refractivity contribution in [3.05, 3.63) is 54.2 Å². The van der Waals surface area contributed by atoms with Crippen molar-refractivity contribution < 1.29 is 4.74 Å². The van der Waals surface area contributed by atoms with Crippen LogP contribution in [0.25, 0.3) is 0 Å². The number of nitrogens with one attached hydrogen (secondary N) is 1. The van der Waals surface area contributed by atoms with Gasteiger partial charge in [0, 0.05) is 17.8 Å². The van der Waals surface area contributed by atoms with E-state index in [4.69, 9.17) is 4.74 Å². The Kier molecular flexibility index (Phi) is 4.93. The Hall–Kier alpha value is -1.87. The molecule has 3 nitrogen and oxygen atoms in total. The van der Waals surface area contributed by atoms with E-state index in [2.05, 4.69) is 30.2 Å². The largest absolute Gasteiger partial charge is 0.439 e. The van der Waals surface area contributed by atoms with Crippen LogP contribution in [0.1, 0.15) is 31.9 Å². The molecule has 0 saturated heterocycles. The van der Waals surface area contributed by atoms with Gasteiger partial charge in [-0.05, 0) is 38.1 Å². The van der Waals surface area contributed by atoms with Crippen LogP contribution in [0.3, 0.4) is 0 Å². The monoisotopic (exact) mass is 256 g/mol. The summed E-state index contributed by atoms with van der Waals surface area (Å²) in [7, 11) is 0. The van der Waals surface area contributed by atoms with Crippen molar-refractivity contribution in [1.82, 2.24) is 10.3 Å². The van der Waals surface area contributed by atoms with Crippen LogP contribution in [0, 0.1) is 0 Å². The van der Waals surface area contributed by atoms with Gasteiger partial charge in [-0.25, -0.2) is 4.98 Å². The fourth-order valence-corrected chi connectivity index (χ4v) is 1.89. The van der Waals surface area contributed by atoms with Crippen LogP contribution in [-0.2, 0) is 0 Å². The number of benzene rings is 1. The normalized spacial score (nSPS) is 12.1. The summed E-state index contributed by atoms with van der Waals surface area (Å²) in [4.78, 5) is 4.34. The van der Waals surface area contributed by atoms with E-state index in [-0.39, 0.29) is 6.04 Å². The predicted molar refractivity (Wildman–Crippen MR) is 77.5 cm³/mol. The Balaban J connectivity index is 2.16. The molecule has 1 aromatic heterocycles. The minimum Gasteiger partial charge on any atom is -0.439 e. The van der Waals surface area contributed by atoms with Gasteiger partial charge < -0.3 is 10.1 Å². The quantitative estimate of drug-likeness (QED) is 0.850. The van der Waals surface area contributed by atoms with E-state index in [9.17, 15) is 0 Å². The van der Waals surface area contributed by atoms with Gasteiger partial charge in [-0.1, -0.05) is 31.2 Å².